The van der Waals surface area contributed by atoms with E-state index in [1.165, 1.54) is 12.1 Å². The number of imidazole rings is 1. The second-order valence-electron chi connectivity index (χ2n) is 5.80. The standard InChI is InChI=1S/C19H20FN3O2/c1-25-11-10-19(24)22-17(14-6-8-15(20)9-7-14)12-23-13-21-16-4-2-3-5-18(16)23/h2-9,13,17H,10-12H2,1H3,(H,22,24)/t17-/m1/s1. The molecule has 3 aromatic rings. The first-order valence-corrected chi connectivity index (χ1v) is 8.11. The molecule has 2 aromatic carbocycles. The summed E-state index contributed by atoms with van der Waals surface area (Å²) in [5.41, 5.74) is 2.72. The zero-order valence-electron chi connectivity index (χ0n) is 14.0. The third kappa shape index (κ3) is 4.22. The molecule has 5 nitrogen and oxygen atoms in total. The molecule has 1 N–H and O–H groups in total. The van der Waals surface area contributed by atoms with Crippen molar-refractivity contribution in [2.24, 2.45) is 0 Å². The van der Waals surface area contributed by atoms with Gasteiger partial charge in [-0.15, -0.1) is 0 Å². The van der Waals surface area contributed by atoms with Gasteiger partial charge in [0, 0.05) is 20.1 Å². The Morgan fingerprint density at radius 1 is 1.24 bits per heavy atom. The summed E-state index contributed by atoms with van der Waals surface area (Å²) in [5.74, 6) is -0.415. The zero-order chi connectivity index (χ0) is 17.6. The molecule has 25 heavy (non-hydrogen) atoms. The van der Waals surface area contributed by atoms with Crippen molar-refractivity contribution >= 4 is 16.9 Å². The van der Waals surface area contributed by atoms with E-state index >= 15 is 0 Å². The van der Waals surface area contributed by atoms with Gasteiger partial charge in [0.1, 0.15) is 5.82 Å². The van der Waals surface area contributed by atoms with Crippen molar-refractivity contribution in [3.63, 3.8) is 0 Å². The molecule has 0 fully saturated rings. The van der Waals surface area contributed by atoms with Crippen molar-refractivity contribution in [2.75, 3.05) is 13.7 Å². The van der Waals surface area contributed by atoms with Crippen molar-refractivity contribution in [2.45, 2.75) is 19.0 Å². The van der Waals surface area contributed by atoms with Gasteiger partial charge in [-0.3, -0.25) is 4.79 Å². The molecule has 0 spiro atoms. The molecule has 3 rings (SSSR count). The number of fused-ring (bicyclic) bond motifs is 1. The highest BCUT2D eigenvalue weighted by Gasteiger charge is 2.16. The number of amides is 1. The molecule has 0 unspecified atom stereocenters. The minimum absolute atomic E-state index is 0.111. The van der Waals surface area contributed by atoms with Crippen molar-refractivity contribution in [3.8, 4) is 0 Å². The van der Waals surface area contributed by atoms with Crippen LogP contribution in [0.25, 0.3) is 11.0 Å². The fourth-order valence-corrected chi connectivity index (χ4v) is 2.74. The Kier molecular flexibility index (Phi) is 5.40. The normalized spacial score (nSPS) is 12.2. The summed E-state index contributed by atoms with van der Waals surface area (Å²) in [5, 5.41) is 3.00. The molecule has 1 amide bonds. The Balaban J connectivity index is 1.85. The summed E-state index contributed by atoms with van der Waals surface area (Å²) >= 11 is 0. The number of rotatable bonds is 7. The van der Waals surface area contributed by atoms with Gasteiger partial charge in [-0.1, -0.05) is 24.3 Å². The summed E-state index contributed by atoms with van der Waals surface area (Å²) in [6, 6.07) is 13.7. The van der Waals surface area contributed by atoms with Gasteiger partial charge in [0.15, 0.2) is 0 Å². The number of hydrogen-bond acceptors (Lipinski definition) is 3. The topological polar surface area (TPSA) is 56.1 Å². The summed E-state index contributed by atoms with van der Waals surface area (Å²) < 4.78 is 20.2. The molecule has 1 heterocycles. The average Bonchev–Trinajstić information content (AvgIpc) is 3.03. The number of carbonyl (C=O) groups excluding carboxylic acids is 1. The Morgan fingerprint density at radius 3 is 2.76 bits per heavy atom. The molecule has 0 aliphatic rings. The first kappa shape index (κ1) is 17.1. The average molecular weight is 341 g/mol. The largest absolute Gasteiger partial charge is 0.384 e. The third-order valence-electron chi connectivity index (χ3n) is 4.05. The number of nitrogens with one attached hydrogen (secondary N) is 1. The van der Waals surface area contributed by atoms with Crippen LogP contribution in [0.15, 0.2) is 54.9 Å². The van der Waals surface area contributed by atoms with Gasteiger partial charge in [0.25, 0.3) is 0 Å². The van der Waals surface area contributed by atoms with E-state index in [0.717, 1.165) is 16.6 Å². The number of aromatic nitrogens is 2. The summed E-state index contributed by atoms with van der Waals surface area (Å²) in [7, 11) is 1.56. The van der Waals surface area contributed by atoms with Crippen molar-refractivity contribution in [3.05, 3.63) is 66.2 Å². The maximum Gasteiger partial charge on any atom is 0.222 e. The second kappa shape index (κ2) is 7.90. The van der Waals surface area contributed by atoms with Crippen LogP contribution in [0, 0.1) is 5.82 Å². The molecule has 1 aromatic heterocycles. The zero-order valence-corrected chi connectivity index (χ0v) is 14.0. The van der Waals surface area contributed by atoms with Crippen molar-refractivity contribution < 1.29 is 13.9 Å². The van der Waals surface area contributed by atoms with E-state index < -0.39 is 0 Å². The van der Waals surface area contributed by atoms with Gasteiger partial charge in [0.2, 0.25) is 5.91 Å². The number of para-hydroxylation sites is 2. The summed E-state index contributed by atoms with van der Waals surface area (Å²) in [4.78, 5) is 16.5. The lowest BCUT2D eigenvalue weighted by Gasteiger charge is -2.20. The Hall–Kier alpha value is -2.73. The predicted molar refractivity (Wildman–Crippen MR) is 93.5 cm³/mol. The molecule has 1 atom stereocenters. The van der Waals surface area contributed by atoms with Crippen LogP contribution in [-0.4, -0.2) is 29.2 Å². The number of halogens is 1. The Morgan fingerprint density at radius 2 is 2.00 bits per heavy atom. The van der Waals surface area contributed by atoms with E-state index in [1.807, 2.05) is 28.8 Å². The SMILES string of the molecule is COCCC(=O)N[C@H](Cn1cnc2ccccc21)c1ccc(F)cc1. The highest BCUT2D eigenvalue weighted by atomic mass is 19.1. The Labute approximate surface area is 145 Å². The molecular weight excluding hydrogens is 321 g/mol. The van der Waals surface area contributed by atoms with E-state index in [1.54, 1.807) is 25.6 Å². The number of ether oxygens (including phenoxy) is 1. The monoisotopic (exact) mass is 341 g/mol. The predicted octanol–water partition coefficient (Wildman–Crippen LogP) is 3.07. The van der Waals surface area contributed by atoms with E-state index in [4.69, 9.17) is 4.74 Å². The van der Waals surface area contributed by atoms with Crippen LogP contribution >= 0.6 is 0 Å². The van der Waals surface area contributed by atoms with Gasteiger partial charge in [-0.25, -0.2) is 9.37 Å². The molecule has 0 saturated heterocycles. The third-order valence-corrected chi connectivity index (χ3v) is 4.05. The molecule has 0 saturated carbocycles. The first-order chi connectivity index (χ1) is 12.2. The molecule has 0 aliphatic carbocycles. The van der Waals surface area contributed by atoms with Gasteiger partial charge in [0.05, 0.1) is 30.0 Å². The van der Waals surface area contributed by atoms with Crippen molar-refractivity contribution in [1.82, 2.24) is 14.9 Å². The van der Waals surface area contributed by atoms with E-state index in [2.05, 4.69) is 10.3 Å². The van der Waals surface area contributed by atoms with Gasteiger partial charge < -0.3 is 14.6 Å². The maximum atomic E-state index is 13.2. The van der Waals surface area contributed by atoms with Gasteiger partial charge in [-0.2, -0.15) is 0 Å². The molecular formula is C19H20FN3O2. The van der Waals surface area contributed by atoms with E-state index in [0.29, 0.717) is 13.2 Å². The number of benzene rings is 2. The minimum atomic E-state index is -0.304. The van der Waals surface area contributed by atoms with Crippen molar-refractivity contribution in [1.29, 1.82) is 0 Å². The van der Waals surface area contributed by atoms with E-state index in [-0.39, 0.29) is 24.2 Å². The maximum absolute atomic E-state index is 13.2. The van der Waals surface area contributed by atoms with Crippen LogP contribution in [0.1, 0.15) is 18.0 Å². The number of carbonyl (C=O) groups is 1. The fraction of sp³-hybridized carbons (Fsp3) is 0.263. The van der Waals surface area contributed by atoms with Gasteiger partial charge in [-0.05, 0) is 29.8 Å². The highest BCUT2D eigenvalue weighted by molar-refractivity contribution is 5.77. The molecule has 0 radical (unpaired) electrons. The number of methoxy groups -OCH3 is 1. The van der Waals surface area contributed by atoms with Crippen LogP contribution in [0.2, 0.25) is 0 Å². The molecule has 130 valence electrons. The summed E-state index contributed by atoms with van der Waals surface area (Å²) in [6.07, 6.45) is 2.03. The van der Waals surface area contributed by atoms with Crippen LogP contribution in [-0.2, 0) is 16.1 Å². The quantitative estimate of drug-likeness (QED) is 0.718. The lowest BCUT2D eigenvalue weighted by atomic mass is 10.1. The lowest BCUT2D eigenvalue weighted by molar-refractivity contribution is -0.122. The van der Waals surface area contributed by atoms with E-state index in [9.17, 15) is 9.18 Å². The minimum Gasteiger partial charge on any atom is -0.384 e. The fourth-order valence-electron chi connectivity index (χ4n) is 2.74. The lowest BCUT2D eigenvalue weighted by Crippen LogP contribution is -2.31. The Bertz CT molecular complexity index is 845. The molecule has 0 aliphatic heterocycles. The van der Waals surface area contributed by atoms with Crippen LogP contribution in [0.5, 0.6) is 0 Å². The highest BCUT2D eigenvalue weighted by Crippen LogP contribution is 2.20. The van der Waals surface area contributed by atoms with Crippen LogP contribution < -0.4 is 5.32 Å². The first-order valence-electron chi connectivity index (χ1n) is 8.11. The molecule has 6 heteroatoms. The smallest absolute Gasteiger partial charge is 0.222 e. The number of nitrogens with zero attached hydrogens (tertiary/aromatic N) is 2. The van der Waals surface area contributed by atoms with Crippen LogP contribution in [0.4, 0.5) is 4.39 Å². The van der Waals surface area contributed by atoms with Crippen LogP contribution in [0.3, 0.4) is 0 Å². The van der Waals surface area contributed by atoms with Gasteiger partial charge >= 0.3 is 0 Å². The summed E-state index contributed by atoms with van der Waals surface area (Å²) in [6.45, 7) is 0.862. The molecule has 0 bridgehead atoms. The second-order valence-corrected chi connectivity index (χ2v) is 5.80. The number of hydrogen-bond donors (Lipinski definition) is 1.